The number of hydrogen-bond acceptors (Lipinski definition) is 2. The fraction of sp³-hybridized carbons (Fsp3) is 0. The molecule has 2 N–H and O–H groups in total. The molecule has 0 atom stereocenters. The molecule has 0 amide bonds. The lowest BCUT2D eigenvalue weighted by molar-refractivity contribution is 1.32. The Balaban J connectivity index is 3.25. The lowest BCUT2D eigenvalue weighted by Crippen LogP contribution is -2.10. The summed E-state index contributed by atoms with van der Waals surface area (Å²) in [4.78, 5) is 3.81. The number of aromatic nitrogens is 1. The van der Waals surface area contributed by atoms with Crippen molar-refractivity contribution < 1.29 is 0 Å². The lowest BCUT2D eigenvalue weighted by atomic mass is 9.94. The molecule has 0 saturated carbocycles. The van der Waals surface area contributed by atoms with E-state index in [1.807, 2.05) is 0 Å². The zero-order chi connectivity index (χ0) is 7.56. The second kappa shape index (κ2) is 2.44. The highest BCUT2D eigenvalue weighted by Gasteiger charge is 1.93. The van der Waals surface area contributed by atoms with Gasteiger partial charge >= 0.3 is 0 Å². The number of nitrogen functional groups attached to an aromatic ring is 1. The van der Waals surface area contributed by atoms with E-state index in [9.17, 15) is 0 Å². The molecule has 3 heteroatoms. The molecule has 0 bridgehead atoms. The van der Waals surface area contributed by atoms with Gasteiger partial charge in [0.15, 0.2) is 0 Å². The van der Waals surface area contributed by atoms with Gasteiger partial charge in [0.2, 0.25) is 0 Å². The topological polar surface area (TPSA) is 38.9 Å². The van der Waals surface area contributed by atoms with Crippen LogP contribution in [0, 0.1) is 12.3 Å². The molecule has 0 saturated heterocycles. The molecule has 1 heterocycles. The Labute approximate surface area is 60.9 Å². The van der Waals surface area contributed by atoms with Gasteiger partial charge < -0.3 is 5.73 Å². The smallest absolute Gasteiger partial charge is 0.124 e. The maximum Gasteiger partial charge on any atom is 0.124 e. The van der Waals surface area contributed by atoms with Gasteiger partial charge in [-0.2, -0.15) is 0 Å². The van der Waals surface area contributed by atoms with E-state index < -0.39 is 0 Å². The summed E-state index contributed by atoms with van der Waals surface area (Å²) in [5.41, 5.74) is 6.23. The first-order valence-electron chi connectivity index (χ1n) is 2.72. The molecule has 0 aromatic carbocycles. The third-order valence-electron chi connectivity index (χ3n) is 1.08. The van der Waals surface area contributed by atoms with E-state index in [2.05, 4.69) is 10.9 Å². The zero-order valence-electron chi connectivity index (χ0n) is 5.33. The summed E-state index contributed by atoms with van der Waals surface area (Å²) in [5.74, 6) is 2.71. The summed E-state index contributed by atoms with van der Waals surface area (Å²) in [6.45, 7) is 0. The van der Waals surface area contributed by atoms with Gasteiger partial charge in [-0.05, 0) is 6.07 Å². The fourth-order valence-electron chi connectivity index (χ4n) is 0.601. The number of nitrogens with two attached hydrogens (primary N) is 1. The minimum Gasteiger partial charge on any atom is -0.384 e. The van der Waals surface area contributed by atoms with Crippen LogP contribution in [-0.4, -0.2) is 12.8 Å². The maximum absolute atomic E-state index is 5.44. The Morgan fingerprint density at radius 2 is 2.30 bits per heavy atom. The molecule has 0 fully saturated rings. The number of hydrogen-bond donors (Lipinski definition) is 1. The largest absolute Gasteiger partial charge is 0.384 e. The highest BCUT2D eigenvalue weighted by atomic mass is 14.8. The van der Waals surface area contributed by atoms with Crippen LogP contribution < -0.4 is 11.2 Å². The second-order valence-corrected chi connectivity index (χ2v) is 1.82. The zero-order valence-corrected chi connectivity index (χ0v) is 5.33. The van der Waals surface area contributed by atoms with Crippen LogP contribution >= 0.6 is 0 Å². The minimum absolute atomic E-state index is 0.391. The molecule has 1 aromatic rings. The standard InChI is InChI=1S/C7H5BN2/c1-2-6-5(8)3-4-7(9)10-6/h1,3-4H,(H2,9,10). The number of anilines is 1. The Morgan fingerprint density at radius 1 is 1.60 bits per heavy atom. The summed E-state index contributed by atoms with van der Waals surface area (Å²) >= 11 is 0. The number of rotatable bonds is 0. The average Bonchev–Trinajstić information content (AvgIpc) is 1.94. The summed E-state index contributed by atoms with van der Waals surface area (Å²) in [6, 6.07) is 3.24. The predicted octanol–water partition coefficient (Wildman–Crippen LogP) is -0.561. The predicted molar refractivity (Wildman–Crippen MR) is 42.0 cm³/mol. The van der Waals surface area contributed by atoms with Crippen molar-refractivity contribution in [2.75, 3.05) is 5.73 Å². The molecule has 0 unspecified atom stereocenters. The van der Waals surface area contributed by atoms with Crippen LogP contribution in [0.4, 0.5) is 5.82 Å². The molecule has 0 aliphatic heterocycles. The number of nitrogens with zero attached hydrogens (tertiary/aromatic N) is 1. The molecule has 10 heavy (non-hydrogen) atoms. The molecule has 0 spiro atoms. The van der Waals surface area contributed by atoms with E-state index in [-0.39, 0.29) is 0 Å². The highest BCUT2D eigenvalue weighted by molar-refractivity contribution is 6.33. The molecule has 2 radical (unpaired) electrons. The first-order chi connectivity index (χ1) is 4.74. The lowest BCUT2D eigenvalue weighted by Gasteiger charge is -1.97. The minimum atomic E-state index is 0.391. The van der Waals surface area contributed by atoms with Crippen molar-refractivity contribution in [2.24, 2.45) is 0 Å². The van der Waals surface area contributed by atoms with Crippen molar-refractivity contribution in [1.29, 1.82) is 0 Å². The van der Waals surface area contributed by atoms with Gasteiger partial charge in [0.1, 0.15) is 19.4 Å². The number of pyridine rings is 1. The van der Waals surface area contributed by atoms with Gasteiger partial charge in [-0.25, -0.2) is 4.98 Å². The van der Waals surface area contributed by atoms with Crippen LogP contribution in [0.1, 0.15) is 5.69 Å². The van der Waals surface area contributed by atoms with Crippen LogP contribution in [0.3, 0.4) is 0 Å². The van der Waals surface area contributed by atoms with Gasteiger partial charge in [0, 0.05) is 0 Å². The summed E-state index contributed by atoms with van der Waals surface area (Å²) in [5, 5.41) is 0. The highest BCUT2D eigenvalue weighted by Crippen LogP contribution is 1.94. The van der Waals surface area contributed by atoms with Crippen LogP contribution in [-0.2, 0) is 0 Å². The van der Waals surface area contributed by atoms with Crippen molar-refractivity contribution in [3.63, 3.8) is 0 Å². The third kappa shape index (κ3) is 1.11. The van der Waals surface area contributed by atoms with Crippen LogP contribution in [0.5, 0.6) is 0 Å². The second-order valence-electron chi connectivity index (χ2n) is 1.82. The Kier molecular flexibility index (Phi) is 1.64. The van der Waals surface area contributed by atoms with Crippen LogP contribution in [0.15, 0.2) is 12.1 Å². The van der Waals surface area contributed by atoms with Crippen LogP contribution in [0.2, 0.25) is 0 Å². The van der Waals surface area contributed by atoms with Gasteiger partial charge in [-0.3, -0.25) is 0 Å². The summed E-state index contributed by atoms with van der Waals surface area (Å²) < 4.78 is 0. The van der Waals surface area contributed by atoms with E-state index in [1.165, 1.54) is 0 Å². The quantitative estimate of drug-likeness (QED) is 0.375. The fourth-order valence-corrected chi connectivity index (χ4v) is 0.601. The average molecular weight is 128 g/mol. The Bertz CT molecular complexity index is 288. The number of terminal acetylenes is 1. The van der Waals surface area contributed by atoms with Crippen molar-refractivity contribution in [2.45, 2.75) is 0 Å². The van der Waals surface area contributed by atoms with Gasteiger partial charge in [-0.15, -0.1) is 6.42 Å². The van der Waals surface area contributed by atoms with Crippen molar-refractivity contribution in [1.82, 2.24) is 4.98 Å². The van der Waals surface area contributed by atoms with Gasteiger partial charge in [0.05, 0.1) is 0 Å². The summed E-state index contributed by atoms with van der Waals surface area (Å²) in [6.07, 6.45) is 5.07. The first kappa shape index (κ1) is 6.69. The third-order valence-corrected chi connectivity index (χ3v) is 1.08. The summed E-state index contributed by atoms with van der Waals surface area (Å²) in [7, 11) is 5.44. The van der Waals surface area contributed by atoms with E-state index in [1.54, 1.807) is 12.1 Å². The monoisotopic (exact) mass is 128 g/mol. The van der Waals surface area contributed by atoms with E-state index in [0.717, 1.165) is 0 Å². The first-order valence-corrected chi connectivity index (χ1v) is 2.72. The molecular formula is C7H5BN2. The Morgan fingerprint density at radius 3 is 2.80 bits per heavy atom. The van der Waals surface area contributed by atoms with E-state index in [4.69, 9.17) is 20.0 Å². The maximum atomic E-state index is 5.44. The van der Waals surface area contributed by atoms with Crippen molar-refractivity contribution in [3.05, 3.63) is 17.8 Å². The SMILES string of the molecule is [B]c1ccc(N)nc1C#C. The van der Waals surface area contributed by atoms with Gasteiger partial charge in [0.25, 0.3) is 0 Å². The molecule has 1 rings (SSSR count). The van der Waals surface area contributed by atoms with Crippen LogP contribution in [0.25, 0.3) is 0 Å². The van der Waals surface area contributed by atoms with E-state index >= 15 is 0 Å². The Hall–Kier alpha value is -1.43. The van der Waals surface area contributed by atoms with Crippen molar-refractivity contribution >= 4 is 19.1 Å². The van der Waals surface area contributed by atoms with E-state index in [0.29, 0.717) is 17.0 Å². The molecule has 0 aliphatic rings. The molecule has 1 aromatic heterocycles. The molecular weight excluding hydrogens is 123 g/mol. The molecule has 46 valence electrons. The van der Waals surface area contributed by atoms with Crippen molar-refractivity contribution in [3.8, 4) is 12.3 Å². The molecule has 2 nitrogen and oxygen atoms in total. The molecule has 0 aliphatic carbocycles. The normalized spacial score (nSPS) is 8.70. The van der Waals surface area contributed by atoms with Gasteiger partial charge in [-0.1, -0.05) is 17.4 Å².